The van der Waals surface area contributed by atoms with Crippen molar-refractivity contribution in [3.8, 4) is 0 Å². The van der Waals surface area contributed by atoms with Crippen LogP contribution in [0.2, 0.25) is 0 Å². The van der Waals surface area contributed by atoms with Crippen molar-refractivity contribution < 1.29 is 59.4 Å². The molecule has 0 aromatic carbocycles. The van der Waals surface area contributed by atoms with Gasteiger partial charge in [-0.25, -0.2) is 89.1 Å². The van der Waals surface area contributed by atoms with Gasteiger partial charge in [0.05, 0.1) is 23.8 Å². The van der Waals surface area contributed by atoms with Gasteiger partial charge in [0.1, 0.15) is 67.6 Å². The van der Waals surface area contributed by atoms with Crippen molar-refractivity contribution >= 4 is 69.6 Å². The van der Waals surface area contributed by atoms with Gasteiger partial charge in [-0.2, -0.15) is 0 Å². The summed E-state index contributed by atoms with van der Waals surface area (Å²) in [5.41, 5.74) is 7.79. The van der Waals surface area contributed by atoms with Gasteiger partial charge in [-0.3, -0.25) is 39.9 Å². The van der Waals surface area contributed by atoms with Crippen LogP contribution in [0.25, 0.3) is 0 Å². The second-order valence-corrected chi connectivity index (χ2v) is 16.1. The van der Waals surface area contributed by atoms with Gasteiger partial charge in [0, 0.05) is 119 Å². The van der Waals surface area contributed by atoms with Gasteiger partial charge in [0.25, 0.3) is 0 Å². The first-order valence-electron chi connectivity index (χ1n) is 22.4. The fourth-order valence-corrected chi connectivity index (χ4v) is 8.67. The van der Waals surface area contributed by atoms with Crippen molar-refractivity contribution in [3.63, 3.8) is 0 Å². The van der Waals surface area contributed by atoms with Crippen LogP contribution < -0.4 is 29.4 Å². The van der Waals surface area contributed by atoms with Crippen molar-refractivity contribution in [2.75, 3.05) is 29.4 Å². The molecule has 27 heteroatoms. The van der Waals surface area contributed by atoms with E-state index in [1.54, 1.807) is 49.8 Å². The first kappa shape index (κ1) is 50.9. The topological polar surface area (TPSA) is 251 Å². The standard InChI is InChI=1S/3C16H11N8.3Os/c1-7-23(15-11(1)17-3-5-19-15)13-9-14(22-10-21-13)24-8-2-12-16(24)20-6-4-18-12;1-3-23(13-6-17-8-19-11(1)13)15-5-16(22-10-21-15)24-4-2-12-14(24)7-18-9-20-12;1-3-23(15-11(1)6-17-8-21-15)13-5-14(20-10-19-13)24-4-2-12-7-18-9-22-16(12)24;;;/h3-8,10H,1-2H2;2*3-4,6-10H,1-2H2;;;/q3*-3;;;. The van der Waals surface area contributed by atoms with Crippen LogP contribution in [0.4, 0.5) is 69.6 Å². The minimum atomic E-state index is 0. The van der Waals surface area contributed by atoms with E-state index in [4.69, 9.17) is 0 Å². The summed E-state index contributed by atoms with van der Waals surface area (Å²) < 4.78 is 0. The number of aromatic nitrogens is 18. The molecule has 15 rings (SSSR count). The van der Waals surface area contributed by atoms with Crippen molar-refractivity contribution in [1.82, 2.24) is 89.7 Å². The molecular weight excluding hydrogens is 1480 g/mol. The Hall–Kier alpha value is -7.57. The summed E-state index contributed by atoms with van der Waals surface area (Å²) in [5.74, 6) is 7.10. The fraction of sp³-hybridized carbons (Fsp3) is 0.125. The van der Waals surface area contributed by atoms with E-state index in [9.17, 15) is 0 Å². The predicted octanol–water partition coefficient (Wildman–Crippen LogP) is 4.70. The number of hydrogen-bond donors (Lipinski definition) is 0. The van der Waals surface area contributed by atoms with Crippen LogP contribution in [0.3, 0.4) is 0 Å². The molecule has 0 aliphatic carbocycles. The Kier molecular flexibility index (Phi) is 15.3. The molecular formula is C48H33N24Os3-9. The minimum Gasteiger partial charge on any atom is -0.505 e. The fourth-order valence-electron chi connectivity index (χ4n) is 8.67. The molecule has 0 radical (unpaired) electrons. The third kappa shape index (κ3) is 9.96. The number of hydrogen-bond acceptors (Lipinski definition) is 24. The molecule has 0 atom stereocenters. The summed E-state index contributed by atoms with van der Waals surface area (Å²) in [7, 11) is 0. The zero-order chi connectivity index (χ0) is 47.8. The van der Waals surface area contributed by atoms with Gasteiger partial charge in [-0.1, -0.05) is 34.9 Å². The van der Waals surface area contributed by atoms with E-state index in [2.05, 4.69) is 108 Å². The second kappa shape index (κ2) is 22.5. The molecule has 0 spiro atoms. The average molecular weight is 1520 g/mol. The largest absolute Gasteiger partial charge is 0.505 e. The number of fused-ring (bicyclic) bond motifs is 6. The third-order valence-electron chi connectivity index (χ3n) is 12.0. The van der Waals surface area contributed by atoms with Crippen molar-refractivity contribution in [2.45, 2.75) is 38.5 Å². The van der Waals surface area contributed by atoms with Crippen LogP contribution >= 0.6 is 0 Å². The Balaban J connectivity index is 0.000000126. The molecule has 9 aromatic heterocycles. The Labute approximate surface area is 468 Å². The Morgan fingerprint density at radius 2 is 0.613 bits per heavy atom. The maximum absolute atomic E-state index is 4.39. The molecule has 24 nitrogen and oxygen atoms in total. The van der Waals surface area contributed by atoms with E-state index >= 15 is 0 Å². The monoisotopic (exact) mass is 1520 g/mol. The Morgan fingerprint density at radius 1 is 0.293 bits per heavy atom. The quantitative estimate of drug-likeness (QED) is 0.205. The summed E-state index contributed by atoms with van der Waals surface area (Å²) in [6.45, 7) is 12.1. The molecule has 6 aliphatic heterocycles. The molecule has 0 N–H and O–H groups in total. The molecule has 9 aromatic rings. The van der Waals surface area contributed by atoms with Crippen molar-refractivity contribution in [3.05, 3.63) is 185 Å². The smallest absolute Gasteiger partial charge is 0.121 e. The third-order valence-corrected chi connectivity index (χ3v) is 12.0. The van der Waals surface area contributed by atoms with Gasteiger partial charge in [-0.05, 0) is 11.1 Å². The number of anilines is 12. The second-order valence-electron chi connectivity index (χ2n) is 16.1. The van der Waals surface area contributed by atoms with Crippen molar-refractivity contribution in [2.24, 2.45) is 0 Å². The van der Waals surface area contributed by atoms with Crippen LogP contribution in [0, 0.1) is 57.5 Å². The summed E-state index contributed by atoms with van der Waals surface area (Å²) in [5, 5.41) is 0. The summed E-state index contributed by atoms with van der Waals surface area (Å²) in [6.07, 6.45) is 29.2. The number of rotatable bonds is 6. The van der Waals surface area contributed by atoms with E-state index in [0.29, 0.717) is 34.9 Å². The molecule has 0 amide bonds. The van der Waals surface area contributed by atoms with Crippen LogP contribution in [-0.4, -0.2) is 89.7 Å². The van der Waals surface area contributed by atoms with Crippen LogP contribution in [0.1, 0.15) is 33.9 Å². The molecule has 0 saturated heterocycles. The SMILES string of the molecule is [Os].[Os].[Os].[c-]1c(N2[CH-]Cc3cncnc32)ncnc1N1[CH-]Cc2cncnc21.[c-]1c(N2[CH-]Cc3nccnc32)ncnc1N1[CH-]Cc2nccnc21.[c-]1c(N2[CH-]Cc3ncncc32)ncnc1N1[CH-]Cc2ncncc21. The van der Waals surface area contributed by atoms with Crippen LogP contribution in [0.5, 0.6) is 0 Å². The van der Waals surface area contributed by atoms with E-state index < -0.39 is 0 Å². The van der Waals surface area contributed by atoms with E-state index in [0.717, 1.165) is 107 Å². The zero-order valence-electron chi connectivity index (χ0n) is 38.7. The van der Waals surface area contributed by atoms with Gasteiger partial charge in [-0.15, -0.1) is 38.5 Å². The van der Waals surface area contributed by atoms with Crippen LogP contribution in [0.15, 0.2) is 93.9 Å². The van der Waals surface area contributed by atoms with Gasteiger partial charge in [0.2, 0.25) is 0 Å². The van der Waals surface area contributed by atoms with Gasteiger partial charge in [0.15, 0.2) is 0 Å². The van der Waals surface area contributed by atoms with Gasteiger partial charge >= 0.3 is 0 Å². The maximum atomic E-state index is 4.39. The first-order valence-corrected chi connectivity index (χ1v) is 22.4. The summed E-state index contributed by atoms with van der Waals surface area (Å²) in [4.78, 5) is 88.6. The molecule has 15 heterocycles. The van der Waals surface area contributed by atoms with E-state index in [1.165, 1.54) is 31.6 Å². The summed E-state index contributed by atoms with van der Waals surface area (Å²) >= 11 is 0. The Morgan fingerprint density at radius 3 is 1.04 bits per heavy atom. The van der Waals surface area contributed by atoms with Gasteiger partial charge < -0.3 is 47.6 Å². The predicted molar refractivity (Wildman–Crippen MR) is 256 cm³/mol. The Bertz CT molecular complexity index is 2900. The molecule has 0 unspecified atom stereocenters. The molecule has 75 heavy (non-hydrogen) atoms. The van der Waals surface area contributed by atoms with E-state index in [1.807, 2.05) is 81.1 Å². The minimum absolute atomic E-state index is 0. The molecule has 6 aliphatic rings. The summed E-state index contributed by atoms with van der Waals surface area (Å²) in [6, 6.07) is 9.76. The number of nitrogens with zero attached hydrogens (tertiary/aromatic N) is 24. The van der Waals surface area contributed by atoms with Crippen LogP contribution in [-0.2, 0) is 97.9 Å². The molecule has 0 saturated carbocycles. The van der Waals surface area contributed by atoms with E-state index in [-0.39, 0.29) is 59.4 Å². The van der Waals surface area contributed by atoms with Crippen molar-refractivity contribution in [1.29, 1.82) is 0 Å². The molecule has 0 bridgehead atoms. The normalized spacial score (nSPS) is 14.9. The zero-order valence-corrected chi connectivity index (χ0v) is 46.3. The molecule has 0 fully saturated rings. The molecule has 378 valence electrons. The first-order chi connectivity index (χ1) is 35.7. The maximum Gasteiger partial charge on any atom is 0.121 e. The average Bonchev–Trinajstić information content (AvgIpc) is 4.33.